The van der Waals surface area contributed by atoms with Gasteiger partial charge in [0, 0.05) is 35.5 Å². The summed E-state index contributed by atoms with van der Waals surface area (Å²) >= 11 is 1.80. The highest BCUT2D eigenvalue weighted by Gasteiger charge is 2.13. The number of anilines is 1. The van der Waals surface area contributed by atoms with Gasteiger partial charge in [-0.1, -0.05) is 13.8 Å². The Hall–Kier alpha value is -1.20. The predicted octanol–water partition coefficient (Wildman–Crippen LogP) is 3.53. The summed E-state index contributed by atoms with van der Waals surface area (Å²) < 4.78 is 0. The van der Waals surface area contributed by atoms with Crippen LogP contribution in [0.1, 0.15) is 45.2 Å². The van der Waals surface area contributed by atoms with Crippen molar-refractivity contribution in [1.82, 2.24) is 5.32 Å². The first kappa shape index (κ1) is 17.9. The molecule has 1 aromatic rings. The van der Waals surface area contributed by atoms with Crippen molar-refractivity contribution in [2.45, 2.75) is 44.9 Å². The first-order valence-corrected chi connectivity index (χ1v) is 8.65. The van der Waals surface area contributed by atoms with E-state index in [1.807, 2.05) is 19.9 Å². The van der Waals surface area contributed by atoms with Crippen molar-refractivity contribution >= 4 is 23.4 Å². The van der Waals surface area contributed by atoms with Crippen molar-refractivity contribution in [2.24, 2.45) is 0 Å². The Morgan fingerprint density at radius 3 is 2.71 bits per heavy atom. The standard InChI is InChI=1S/C16H26N2O2S/c1-5-6-16(20)18-13-7-8-15(19)14(9-13)12(3)17-10-11(2)21-4/h7-9,11-12,17,19H,5-6,10H2,1-4H3,(H,18,20). The van der Waals surface area contributed by atoms with Crippen LogP contribution in [0.4, 0.5) is 5.69 Å². The summed E-state index contributed by atoms with van der Waals surface area (Å²) in [6.07, 6.45) is 3.41. The number of hydrogen-bond acceptors (Lipinski definition) is 4. The number of hydrogen-bond donors (Lipinski definition) is 3. The van der Waals surface area contributed by atoms with Gasteiger partial charge in [0.25, 0.3) is 0 Å². The summed E-state index contributed by atoms with van der Waals surface area (Å²) in [6, 6.07) is 5.23. The van der Waals surface area contributed by atoms with E-state index in [1.54, 1.807) is 23.9 Å². The fourth-order valence-corrected chi connectivity index (χ4v) is 2.23. The van der Waals surface area contributed by atoms with Crippen LogP contribution in [0.15, 0.2) is 18.2 Å². The molecule has 0 aromatic heterocycles. The average Bonchev–Trinajstić information content (AvgIpc) is 2.46. The Morgan fingerprint density at radius 2 is 2.10 bits per heavy atom. The van der Waals surface area contributed by atoms with Crippen molar-refractivity contribution < 1.29 is 9.90 Å². The molecule has 3 N–H and O–H groups in total. The van der Waals surface area contributed by atoms with Crippen LogP contribution in [0.25, 0.3) is 0 Å². The first-order chi connectivity index (χ1) is 9.97. The van der Waals surface area contributed by atoms with Gasteiger partial charge in [-0.2, -0.15) is 11.8 Å². The third-order valence-corrected chi connectivity index (χ3v) is 4.34. The summed E-state index contributed by atoms with van der Waals surface area (Å²) in [5, 5.41) is 16.8. The lowest BCUT2D eigenvalue weighted by molar-refractivity contribution is -0.116. The largest absolute Gasteiger partial charge is 0.508 e. The van der Waals surface area contributed by atoms with E-state index in [4.69, 9.17) is 0 Å². The molecule has 21 heavy (non-hydrogen) atoms. The SMILES string of the molecule is CCCC(=O)Nc1ccc(O)c(C(C)NCC(C)SC)c1. The van der Waals surface area contributed by atoms with E-state index in [1.165, 1.54) is 0 Å². The Balaban J connectivity index is 2.74. The smallest absolute Gasteiger partial charge is 0.224 e. The summed E-state index contributed by atoms with van der Waals surface area (Å²) in [6.45, 7) is 7.01. The molecule has 1 amide bonds. The second-order valence-electron chi connectivity index (χ2n) is 5.25. The number of amides is 1. The molecule has 0 radical (unpaired) electrons. The molecule has 4 nitrogen and oxygen atoms in total. The quantitative estimate of drug-likeness (QED) is 0.643. The molecular weight excluding hydrogens is 284 g/mol. The van der Waals surface area contributed by atoms with Crippen molar-refractivity contribution in [1.29, 1.82) is 0 Å². The van der Waals surface area contributed by atoms with Crippen LogP contribution >= 0.6 is 11.8 Å². The zero-order chi connectivity index (χ0) is 15.8. The number of carbonyl (C=O) groups is 1. The van der Waals surface area contributed by atoms with Gasteiger partial charge in [0.2, 0.25) is 5.91 Å². The highest BCUT2D eigenvalue weighted by Crippen LogP contribution is 2.27. The molecule has 0 aliphatic heterocycles. The van der Waals surface area contributed by atoms with E-state index in [0.29, 0.717) is 11.7 Å². The first-order valence-electron chi connectivity index (χ1n) is 7.36. The third-order valence-electron chi connectivity index (χ3n) is 3.37. The third kappa shape index (κ3) is 5.98. The maximum absolute atomic E-state index is 11.6. The highest BCUT2D eigenvalue weighted by molar-refractivity contribution is 7.99. The average molecular weight is 310 g/mol. The number of thioether (sulfide) groups is 1. The molecule has 5 heteroatoms. The molecule has 2 atom stereocenters. The molecule has 1 rings (SSSR count). The number of phenols is 1. The molecule has 0 fully saturated rings. The van der Waals surface area contributed by atoms with Crippen molar-refractivity contribution in [2.75, 3.05) is 18.1 Å². The van der Waals surface area contributed by atoms with E-state index in [2.05, 4.69) is 23.8 Å². The van der Waals surface area contributed by atoms with E-state index < -0.39 is 0 Å². The fourth-order valence-electron chi connectivity index (χ4n) is 1.97. The Kier molecular flexibility index (Phi) is 7.61. The van der Waals surface area contributed by atoms with Gasteiger partial charge < -0.3 is 15.7 Å². The molecule has 0 heterocycles. The second-order valence-corrected chi connectivity index (χ2v) is 6.52. The van der Waals surface area contributed by atoms with Crippen LogP contribution in [-0.2, 0) is 4.79 Å². The van der Waals surface area contributed by atoms with Gasteiger partial charge in [-0.25, -0.2) is 0 Å². The van der Waals surface area contributed by atoms with Crippen LogP contribution in [0.3, 0.4) is 0 Å². The van der Waals surface area contributed by atoms with Gasteiger partial charge in [-0.15, -0.1) is 0 Å². The van der Waals surface area contributed by atoms with Gasteiger partial charge in [-0.05, 0) is 37.8 Å². The maximum atomic E-state index is 11.6. The molecule has 0 saturated carbocycles. The Labute approximate surface area is 131 Å². The lowest BCUT2D eigenvalue weighted by atomic mass is 10.1. The minimum absolute atomic E-state index is 0.00533. The van der Waals surface area contributed by atoms with Crippen LogP contribution in [0.2, 0.25) is 0 Å². The monoisotopic (exact) mass is 310 g/mol. The topological polar surface area (TPSA) is 61.4 Å². The van der Waals surface area contributed by atoms with Gasteiger partial charge in [-0.3, -0.25) is 4.79 Å². The van der Waals surface area contributed by atoms with Gasteiger partial charge in [0.15, 0.2) is 0 Å². The van der Waals surface area contributed by atoms with Crippen LogP contribution in [0, 0.1) is 0 Å². The second kappa shape index (κ2) is 8.95. The lowest BCUT2D eigenvalue weighted by Gasteiger charge is -2.19. The number of carbonyl (C=O) groups excluding carboxylic acids is 1. The number of phenolic OH excluding ortho intramolecular Hbond substituents is 1. The van der Waals surface area contributed by atoms with Gasteiger partial charge in [0.05, 0.1) is 0 Å². The van der Waals surface area contributed by atoms with E-state index in [9.17, 15) is 9.90 Å². The molecule has 0 spiro atoms. The zero-order valence-electron chi connectivity index (χ0n) is 13.3. The Morgan fingerprint density at radius 1 is 1.38 bits per heavy atom. The zero-order valence-corrected chi connectivity index (χ0v) is 14.1. The van der Waals surface area contributed by atoms with Crippen LogP contribution < -0.4 is 10.6 Å². The van der Waals surface area contributed by atoms with E-state index >= 15 is 0 Å². The molecule has 2 unspecified atom stereocenters. The maximum Gasteiger partial charge on any atom is 0.224 e. The predicted molar refractivity (Wildman–Crippen MR) is 91.0 cm³/mol. The lowest BCUT2D eigenvalue weighted by Crippen LogP contribution is -2.25. The van der Waals surface area contributed by atoms with E-state index in [0.717, 1.165) is 24.2 Å². The summed E-state index contributed by atoms with van der Waals surface area (Å²) in [4.78, 5) is 11.6. The van der Waals surface area contributed by atoms with Crippen molar-refractivity contribution in [3.8, 4) is 5.75 Å². The van der Waals surface area contributed by atoms with Crippen molar-refractivity contribution in [3.63, 3.8) is 0 Å². The number of benzene rings is 1. The number of nitrogens with one attached hydrogen (secondary N) is 2. The van der Waals surface area contributed by atoms with Gasteiger partial charge >= 0.3 is 0 Å². The molecule has 0 saturated heterocycles. The summed E-state index contributed by atoms with van der Waals surface area (Å²) in [7, 11) is 0. The van der Waals surface area contributed by atoms with E-state index in [-0.39, 0.29) is 17.7 Å². The summed E-state index contributed by atoms with van der Waals surface area (Å²) in [5.74, 6) is 0.256. The molecule has 1 aromatic carbocycles. The van der Waals surface area contributed by atoms with Gasteiger partial charge in [0.1, 0.15) is 5.75 Å². The molecule has 0 bridgehead atoms. The molecule has 118 valence electrons. The Bertz CT molecular complexity index is 466. The summed E-state index contributed by atoms with van der Waals surface area (Å²) in [5.41, 5.74) is 1.53. The minimum atomic E-state index is 0.00533. The molecule has 0 aliphatic rings. The number of rotatable bonds is 8. The van der Waals surface area contributed by atoms with Crippen LogP contribution in [-0.4, -0.2) is 29.1 Å². The fraction of sp³-hybridized carbons (Fsp3) is 0.562. The minimum Gasteiger partial charge on any atom is -0.508 e. The molecular formula is C16H26N2O2S. The normalized spacial score (nSPS) is 13.7. The highest BCUT2D eigenvalue weighted by atomic mass is 32.2. The molecule has 0 aliphatic carbocycles. The van der Waals surface area contributed by atoms with Crippen LogP contribution in [0.5, 0.6) is 5.75 Å². The van der Waals surface area contributed by atoms with Crippen molar-refractivity contribution in [3.05, 3.63) is 23.8 Å². The number of aromatic hydroxyl groups is 1.